The normalized spacial score (nSPS) is 10.4. The summed E-state index contributed by atoms with van der Waals surface area (Å²) in [6.07, 6.45) is 3.29. The number of anilines is 1. The Morgan fingerprint density at radius 2 is 1.40 bits per heavy atom. The number of aromatic nitrogens is 1. The van der Waals surface area contributed by atoms with Gasteiger partial charge in [-0.25, -0.2) is 0 Å². The first-order valence-corrected chi connectivity index (χ1v) is 7.51. The third-order valence-corrected chi connectivity index (χ3v) is 3.94. The van der Waals surface area contributed by atoms with E-state index in [0.717, 1.165) is 16.7 Å². The van der Waals surface area contributed by atoms with E-state index in [4.69, 9.17) is 17.2 Å². The van der Waals surface area contributed by atoms with E-state index in [1.807, 2.05) is 6.07 Å². The van der Waals surface area contributed by atoms with E-state index in [0.29, 0.717) is 16.8 Å². The van der Waals surface area contributed by atoms with Gasteiger partial charge in [0, 0.05) is 23.5 Å². The molecule has 0 saturated heterocycles. The molecular weight excluding hydrogens is 316 g/mol. The lowest BCUT2D eigenvalue weighted by Gasteiger charge is -2.13. The van der Waals surface area contributed by atoms with Gasteiger partial charge in [-0.2, -0.15) is 0 Å². The SMILES string of the molecule is NC(=O)c1ccc(-c2cc(C(N)=O)c(N)c(-c3ccncc3)c2)cc1. The van der Waals surface area contributed by atoms with Crippen LogP contribution in [0.2, 0.25) is 0 Å². The van der Waals surface area contributed by atoms with Gasteiger partial charge in [0.05, 0.1) is 11.3 Å². The number of pyridine rings is 1. The van der Waals surface area contributed by atoms with Gasteiger partial charge in [-0.1, -0.05) is 12.1 Å². The van der Waals surface area contributed by atoms with Crippen LogP contribution in [-0.4, -0.2) is 16.8 Å². The van der Waals surface area contributed by atoms with Gasteiger partial charge >= 0.3 is 0 Å². The van der Waals surface area contributed by atoms with Gasteiger partial charge in [-0.15, -0.1) is 0 Å². The predicted octanol–water partition coefficient (Wildman–Crippen LogP) is 2.20. The van der Waals surface area contributed by atoms with Crippen LogP contribution in [-0.2, 0) is 0 Å². The maximum absolute atomic E-state index is 11.8. The largest absolute Gasteiger partial charge is 0.398 e. The maximum atomic E-state index is 11.8. The molecule has 124 valence electrons. The Hall–Kier alpha value is -3.67. The lowest BCUT2D eigenvalue weighted by molar-refractivity contribution is 0.0992. The third kappa shape index (κ3) is 3.18. The molecule has 25 heavy (non-hydrogen) atoms. The molecule has 0 aliphatic rings. The summed E-state index contributed by atoms with van der Waals surface area (Å²) >= 11 is 0. The molecule has 1 aromatic heterocycles. The Balaban J connectivity index is 2.18. The van der Waals surface area contributed by atoms with Crippen molar-refractivity contribution in [2.75, 3.05) is 5.73 Å². The first-order valence-electron chi connectivity index (χ1n) is 7.51. The van der Waals surface area contributed by atoms with Crippen molar-refractivity contribution in [1.82, 2.24) is 4.98 Å². The molecule has 6 N–H and O–H groups in total. The molecule has 6 heteroatoms. The highest BCUT2D eigenvalue weighted by atomic mass is 16.1. The van der Waals surface area contributed by atoms with Gasteiger partial charge in [0.1, 0.15) is 0 Å². The molecule has 3 rings (SSSR count). The van der Waals surface area contributed by atoms with Crippen molar-refractivity contribution >= 4 is 17.5 Å². The fourth-order valence-electron chi connectivity index (χ4n) is 2.62. The van der Waals surface area contributed by atoms with Gasteiger partial charge in [-0.3, -0.25) is 14.6 Å². The van der Waals surface area contributed by atoms with E-state index in [1.54, 1.807) is 54.9 Å². The fraction of sp³-hybridized carbons (Fsp3) is 0. The fourth-order valence-corrected chi connectivity index (χ4v) is 2.62. The van der Waals surface area contributed by atoms with E-state index in [2.05, 4.69) is 4.98 Å². The van der Waals surface area contributed by atoms with E-state index in [9.17, 15) is 9.59 Å². The number of amides is 2. The number of carbonyl (C=O) groups excluding carboxylic acids is 2. The average Bonchev–Trinajstić information content (AvgIpc) is 2.62. The van der Waals surface area contributed by atoms with Crippen LogP contribution in [0.5, 0.6) is 0 Å². The van der Waals surface area contributed by atoms with Crippen molar-refractivity contribution in [1.29, 1.82) is 0 Å². The molecule has 2 amide bonds. The Labute approximate surface area is 144 Å². The second kappa shape index (κ2) is 6.45. The van der Waals surface area contributed by atoms with Crippen molar-refractivity contribution < 1.29 is 9.59 Å². The van der Waals surface area contributed by atoms with Crippen molar-refractivity contribution in [3.8, 4) is 22.3 Å². The van der Waals surface area contributed by atoms with Crippen LogP contribution >= 0.6 is 0 Å². The number of hydrogen-bond acceptors (Lipinski definition) is 4. The summed E-state index contributed by atoms with van der Waals surface area (Å²) < 4.78 is 0. The van der Waals surface area contributed by atoms with Crippen molar-refractivity contribution in [3.05, 3.63) is 72.1 Å². The van der Waals surface area contributed by atoms with Crippen molar-refractivity contribution in [3.63, 3.8) is 0 Å². The molecule has 0 unspecified atom stereocenters. The van der Waals surface area contributed by atoms with Crippen LogP contribution in [0, 0.1) is 0 Å². The van der Waals surface area contributed by atoms with Crippen LogP contribution in [0.1, 0.15) is 20.7 Å². The summed E-state index contributed by atoms with van der Waals surface area (Å²) in [6, 6.07) is 13.9. The van der Waals surface area contributed by atoms with Gasteiger partial charge in [0.15, 0.2) is 0 Å². The van der Waals surface area contributed by atoms with Crippen molar-refractivity contribution in [2.24, 2.45) is 11.5 Å². The highest BCUT2D eigenvalue weighted by Gasteiger charge is 2.15. The summed E-state index contributed by atoms with van der Waals surface area (Å²) in [5.74, 6) is -1.11. The van der Waals surface area contributed by atoms with Gasteiger partial charge in [0.25, 0.3) is 5.91 Å². The monoisotopic (exact) mass is 332 g/mol. The van der Waals surface area contributed by atoms with Gasteiger partial charge in [0.2, 0.25) is 5.91 Å². The number of primary amides is 2. The number of nitrogens with two attached hydrogens (primary N) is 3. The van der Waals surface area contributed by atoms with Crippen molar-refractivity contribution in [2.45, 2.75) is 0 Å². The van der Waals surface area contributed by atoms with Crippen LogP contribution < -0.4 is 17.2 Å². The number of carbonyl (C=O) groups is 2. The average molecular weight is 332 g/mol. The van der Waals surface area contributed by atoms with Crippen LogP contribution in [0.25, 0.3) is 22.3 Å². The van der Waals surface area contributed by atoms with E-state index < -0.39 is 11.8 Å². The third-order valence-electron chi connectivity index (χ3n) is 3.94. The molecule has 2 aromatic carbocycles. The van der Waals surface area contributed by atoms with E-state index >= 15 is 0 Å². The first kappa shape index (κ1) is 16.2. The number of nitrogens with zero attached hydrogens (tertiary/aromatic N) is 1. The Kier molecular flexibility index (Phi) is 4.18. The number of rotatable bonds is 4. The minimum Gasteiger partial charge on any atom is -0.398 e. The second-order valence-electron chi connectivity index (χ2n) is 5.53. The quantitative estimate of drug-likeness (QED) is 0.633. The van der Waals surface area contributed by atoms with Gasteiger partial charge in [-0.05, 0) is 53.1 Å². The minimum atomic E-state index is -0.608. The number of nitrogen functional groups attached to an aromatic ring is 1. The highest BCUT2D eigenvalue weighted by molar-refractivity contribution is 6.03. The Morgan fingerprint density at radius 3 is 1.96 bits per heavy atom. The first-order chi connectivity index (χ1) is 12.0. The molecule has 0 bridgehead atoms. The Morgan fingerprint density at radius 1 is 0.760 bits per heavy atom. The Bertz CT molecular complexity index is 951. The smallest absolute Gasteiger partial charge is 0.250 e. The predicted molar refractivity (Wildman–Crippen MR) is 96.6 cm³/mol. The molecular formula is C19H16N4O2. The molecule has 1 heterocycles. The van der Waals surface area contributed by atoms with Gasteiger partial charge < -0.3 is 17.2 Å². The summed E-state index contributed by atoms with van der Waals surface area (Å²) in [7, 11) is 0. The summed E-state index contributed by atoms with van der Waals surface area (Å²) in [5, 5.41) is 0. The molecule has 0 saturated carbocycles. The molecule has 3 aromatic rings. The topological polar surface area (TPSA) is 125 Å². The molecule has 0 spiro atoms. The zero-order valence-corrected chi connectivity index (χ0v) is 13.3. The van der Waals surface area contributed by atoms with E-state index in [1.165, 1.54) is 0 Å². The molecule has 0 radical (unpaired) electrons. The molecule has 0 aliphatic heterocycles. The van der Waals surface area contributed by atoms with Crippen LogP contribution in [0.15, 0.2) is 60.9 Å². The zero-order chi connectivity index (χ0) is 18.0. The van der Waals surface area contributed by atoms with Crippen LogP contribution in [0.3, 0.4) is 0 Å². The lowest BCUT2D eigenvalue weighted by Crippen LogP contribution is -2.14. The highest BCUT2D eigenvalue weighted by Crippen LogP contribution is 2.34. The number of benzene rings is 2. The second-order valence-corrected chi connectivity index (χ2v) is 5.53. The minimum absolute atomic E-state index is 0.239. The summed E-state index contributed by atoms with van der Waals surface area (Å²) in [6.45, 7) is 0. The maximum Gasteiger partial charge on any atom is 0.250 e. The van der Waals surface area contributed by atoms with E-state index in [-0.39, 0.29) is 5.56 Å². The number of hydrogen-bond donors (Lipinski definition) is 3. The molecule has 0 fully saturated rings. The summed E-state index contributed by atoms with van der Waals surface area (Å²) in [4.78, 5) is 27.0. The molecule has 6 nitrogen and oxygen atoms in total. The summed E-state index contributed by atoms with van der Waals surface area (Å²) in [5.41, 5.74) is 20.9. The lowest BCUT2D eigenvalue weighted by atomic mass is 9.94. The molecule has 0 atom stereocenters. The molecule has 0 aliphatic carbocycles. The van der Waals surface area contributed by atoms with Crippen LogP contribution in [0.4, 0.5) is 5.69 Å². The zero-order valence-electron chi connectivity index (χ0n) is 13.3. The standard InChI is InChI=1S/C19H16N4O2/c20-17-15(12-5-7-23-8-6-12)9-14(10-16(17)19(22)25)11-1-3-13(4-2-11)18(21)24/h1-10H,20H2,(H2,21,24)(H2,22,25).